The van der Waals surface area contributed by atoms with Crippen molar-refractivity contribution in [2.24, 2.45) is 5.92 Å². The lowest BCUT2D eigenvalue weighted by molar-refractivity contribution is -0.158. The molecule has 2 saturated carbocycles. The molecule has 0 aromatic rings. The molecule has 0 bridgehead atoms. The van der Waals surface area contributed by atoms with Crippen molar-refractivity contribution in [2.45, 2.75) is 70.6 Å². The highest BCUT2D eigenvalue weighted by molar-refractivity contribution is 5.82. The van der Waals surface area contributed by atoms with Crippen LogP contribution < -0.4 is 5.32 Å². The van der Waals surface area contributed by atoms with Crippen molar-refractivity contribution in [3.8, 4) is 0 Å². The van der Waals surface area contributed by atoms with Crippen LogP contribution in [0.4, 0.5) is 0 Å². The largest absolute Gasteiger partial charge is 0.465 e. The maximum Gasteiger partial charge on any atom is 0.329 e. The van der Waals surface area contributed by atoms with Gasteiger partial charge in [0.05, 0.1) is 18.8 Å². The molecule has 19 heavy (non-hydrogen) atoms. The molecule has 2 aliphatic rings. The zero-order valence-electron chi connectivity index (χ0n) is 12.6. The molecule has 2 aliphatic carbocycles. The highest BCUT2D eigenvalue weighted by Crippen LogP contribution is 2.43. The Bertz CT molecular complexity index is 329. The van der Waals surface area contributed by atoms with Crippen LogP contribution in [0.15, 0.2) is 0 Å². The summed E-state index contributed by atoms with van der Waals surface area (Å²) in [5.41, 5.74) is -0.859. The van der Waals surface area contributed by atoms with Crippen LogP contribution in [0.3, 0.4) is 0 Å². The second-order valence-corrected chi connectivity index (χ2v) is 6.79. The van der Waals surface area contributed by atoms with Gasteiger partial charge < -0.3 is 9.47 Å². The number of carbonyl (C=O) groups excluding carboxylic acids is 1. The second-order valence-electron chi connectivity index (χ2n) is 6.79. The maximum absolute atomic E-state index is 12.5. The van der Waals surface area contributed by atoms with Gasteiger partial charge in [0.15, 0.2) is 0 Å². The summed E-state index contributed by atoms with van der Waals surface area (Å²) in [5.74, 6) is 0.239. The van der Waals surface area contributed by atoms with Crippen LogP contribution in [0.2, 0.25) is 0 Å². The van der Waals surface area contributed by atoms with Crippen LogP contribution in [0.25, 0.3) is 0 Å². The molecule has 2 fully saturated rings. The van der Waals surface area contributed by atoms with Gasteiger partial charge in [-0.2, -0.15) is 0 Å². The van der Waals surface area contributed by atoms with Gasteiger partial charge in [0.2, 0.25) is 0 Å². The Labute approximate surface area is 116 Å². The summed E-state index contributed by atoms with van der Waals surface area (Å²) in [6.45, 7) is 8.76. The summed E-state index contributed by atoms with van der Waals surface area (Å²) in [4.78, 5) is 12.5. The quantitative estimate of drug-likeness (QED) is 0.720. The van der Waals surface area contributed by atoms with Crippen LogP contribution in [0, 0.1) is 5.92 Å². The molecule has 1 N–H and O–H groups in total. The van der Waals surface area contributed by atoms with E-state index in [1.807, 2.05) is 27.7 Å². The summed E-state index contributed by atoms with van der Waals surface area (Å²) in [5, 5.41) is 3.52. The lowest BCUT2D eigenvalue weighted by Crippen LogP contribution is -2.60. The summed E-state index contributed by atoms with van der Waals surface area (Å²) in [7, 11) is 0. The number of carbonyl (C=O) groups is 1. The lowest BCUT2D eigenvalue weighted by Gasteiger charge is -2.35. The summed E-state index contributed by atoms with van der Waals surface area (Å²) >= 11 is 0. The number of hydrogen-bond acceptors (Lipinski definition) is 4. The fourth-order valence-corrected chi connectivity index (χ4v) is 2.32. The van der Waals surface area contributed by atoms with Gasteiger partial charge in [-0.15, -0.1) is 0 Å². The van der Waals surface area contributed by atoms with Gasteiger partial charge in [-0.25, -0.2) is 4.79 Å². The van der Waals surface area contributed by atoms with Gasteiger partial charge in [-0.05, 0) is 59.3 Å². The van der Waals surface area contributed by atoms with E-state index in [9.17, 15) is 4.79 Å². The average Bonchev–Trinajstić information content (AvgIpc) is 3.14. The predicted molar refractivity (Wildman–Crippen MR) is 74.0 cm³/mol. The molecule has 0 saturated heterocycles. The Morgan fingerprint density at radius 1 is 1.21 bits per heavy atom. The predicted octanol–water partition coefficient (Wildman–Crippen LogP) is 2.27. The van der Waals surface area contributed by atoms with Crippen LogP contribution in [-0.4, -0.2) is 36.4 Å². The number of rotatable bonds is 7. The molecule has 2 rings (SSSR count). The smallest absolute Gasteiger partial charge is 0.329 e. The fourth-order valence-electron chi connectivity index (χ4n) is 2.32. The van der Waals surface area contributed by atoms with E-state index >= 15 is 0 Å². The minimum atomic E-state index is -0.621. The van der Waals surface area contributed by atoms with Gasteiger partial charge in [0.25, 0.3) is 0 Å². The maximum atomic E-state index is 12.5. The van der Waals surface area contributed by atoms with Crippen molar-refractivity contribution >= 4 is 5.97 Å². The number of hydrogen-bond donors (Lipinski definition) is 1. The highest BCUT2D eigenvalue weighted by Gasteiger charge is 2.54. The number of ether oxygens (including phenoxy) is 2. The molecule has 0 spiro atoms. The number of nitrogens with one attached hydrogen (secondary N) is 1. The zero-order valence-corrected chi connectivity index (χ0v) is 12.6. The molecule has 0 aromatic carbocycles. The van der Waals surface area contributed by atoms with Crippen molar-refractivity contribution in [3.05, 3.63) is 0 Å². The minimum Gasteiger partial charge on any atom is -0.465 e. The van der Waals surface area contributed by atoms with Gasteiger partial charge >= 0.3 is 5.97 Å². The van der Waals surface area contributed by atoms with Gasteiger partial charge in [0, 0.05) is 6.04 Å². The first kappa shape index (κ1) is 14.8. The van der Waals surface area contributed by atoms with Gasteiger partial charge in [0.1, 0.15) is 5.54 Å². The summed E-state index contributed by atoms with van der Waals surface area (Å²) in [6.07, 6.45) is 4.49. The Kier molecular flexibility index (Phi) is 4.21. The van der Waals surface area contributed by atoms with E-state index in [4.69, 9.17) is 9.47 Å². The molecule has 1 unspecified atom stereocenters. The first-order valence-corrected chi connectivity index (χ1v) is 7.46. The van der Waals surface area contributed by atoms with Crippen LogP contribution >= 0.6 is 0 Å². The Hall–Kier alpha value is -0.610. The summed E-state index contributed by atoms with van der Waals surface area (Å²) < 4.78 is 11.3. The monoisotopic (exact) mass is 269 g/mol. The lowest BCUT2D eigenvalue weighted by atomic mass is 9.93. The Morgan fingerprint density at radius 2 is 1.84 bits per heavy atom. The van der Waals surface area contributed by atoms with Crippen molar-refractivity contribution in [1.29, 1.82) is 0 Å². The van der Waals surface area contributed by atoms with Gasteiger partial charge in [-0.3, -0.25) is 5.32 Å². The van der Waals surface area contributed by atoms with Crippen molar-refractivity contribution < 1.29 is 14.3 Å². The van der Waals surface area contributed by atoms with Crippen LogP contribution in [0.5, 0.6) is 0 Å². The normalized spacial score (nSPS) is 22.9. The second kappa shape index (κ2) is 5.41. The molecule has 4 nitrogen and oxygen atoms in total. The van der Waals surface area contributed by atoms with E-state index in [2.05, 4.69) is 5.32 Å². The number of esters is 1. The molecule has 0 radical (unpaired) electrons. The standard InChI is InChI=1S/C15H27NO3/c1-5-18-13(17)15(11-6-7-11,16-12-8-9-12)10-19-14(2,3)4/h11-12,16H,5-10H2,1-4H3. The third kappa shape index (κ3) is 3.93. The third-order valence-electron chi connectivity index (χ3n) is 3.69. The SMILES string of the molecule is CCOC(=O)C(COC(C)(C)C)(NC1CC1)C1CC1. The van der Waals surface area contributed by atoms with Crippen molar-refractivity contribution in [2.75, 3.05) is 13.2 Å². The van der Waals surface area contributed by atoms with E-state index in [0.717, 1.165) is 25.7 Å². The molecule has 4 heteroatoms. The molecule has 1 atom stereocenters. The Balaban J connectivity index is 2.10. The highest BCUT2D eigenvalue weighted by atomic mass is 16.5. The van der Waals surface area contributed by atoms with Crippen molar-refractivity contribution in [3.63, 3.8) is 0 Å². The molecule has 0 heterocycles. The van der Waals surface area contributed by atoms with E-state index in [-0.39, 0.29) is 11.6 Å². The van der Waals surface area contributed by atoms with Crippen molar-refractivity contribution in [1.82, 2.24) is 5.32 Å². The molecular formula is C15H27NO3. The molecule has 110 valence electrons. The first-order chi connectivity index (χ1) is 8.87. The Morgan fingerprint density at radius 3 is 2.26 bits per heavy atom. The van der Waals surface area contributed by atoms with Gasteiger partial charge in [-0.1, -0.05) is 0 Å². The fraction of sp³-hybridized carbons (Fsp3) is 0.933. The first-order valence-electron chi connectivity index (χ1n) is 7.46. The van der Waals surface area contributed by atoms with Crippen LogP contribution in [0.1, 0.15) is 53.4 Å². The summed E-state index contributed by atoms with van der Waals surface area (Å²) in [6, 6.07) is 0.466. The minimum absolute atomic E-state index is 0.131. The van der Waals surface area contributed by atoms with E-state index in [0.29, 0.717) is 25.2 Å². The molecule has 0 amide bonds. The zero-order chi connectivity index (χ0) is 14.1. The molecular weight excluding hydrogens is 242 g/mol. The molecule has 0 aromatic heterocycles. The molecule has 0 aliphatic heterocycles. The van der Waals surface area contributed by atoms with E-state index in [1.54, 1.807) is 0 Å². The van der Waals surface area contributed by atoms with Crippen LogP contribution in [-0.2, 0) is 14.3 Å². The van der Waals surface area contributed by atoms with E-state index < -0.39 is 5.54 Å². The third-order valence-corrected chi connectivity index (χ3v) is 3.69. The topological polar surface area (TPSA) is 47.6 Å². The van der Waals surface area contributed by atoms with E-state index in [1.165, 1.54) is 0 Å². The average molecular weight is 269 g/mol.